The Balaban J connectivity index is 1.49. The van der Waals surface area contributed by atoms with Crippen molar-refractivity contribution in [2.45, 2.75) is 10.9 Å². The van der Waals surface area contributed by atoms with Crippen LogP contribution in [0.25, 0.3) is 16.3 Å². The molecule has 164 valence electrons. The van der Waals surface area contributed by atoms with E-state index in [9.17, 15) is 15.4 Å². The molecule has 0 saturated carbocycles. The molecule has 0 unspecified atom stereocenters. The number of halogens is 2. The summed E-state index contributed by atoms with van der Waals surface area (Å²) in [5, 5.41) is 20.4. The smallest absolute Gasteiger partial charge is 0.269 e. The number of aromatic nitrogens is 1. The van der Waals surface area contributed by atoms with Gasteiger partial charge in [0.1, 0.15) is 18.4 Å². The van der Waals surface area contributed by atoms with Gasteiger partial charge in [-0.3, -0.25) is 10.1 Å². The summed E-state index contributed by atoms with van der Waals surface area (Å²) in [5.41, 5.74) is 2.73. The molecule has 0 radical (unpaired) electrons. The maximum Gasteiger partial charge on any atom is 0.269 e. The van der Waals surface area contributed by atoms with Crippen LogP contribution in [0.15, 0.2) is 69.9 Å². The van der Waals surface area contributed by atoms with Crippen LogP contribution in [-0.2, 0) is 6.61 Å². The molecule has 10 heteroatoms. The van der Waals surface area contributed by atoms with Gasteiger partial charge in [0.2, 0.25) is 0 Å². The Bertz CT molecular complexity index is 1360. The predicted octanol–water partition coefficient (Wildman–Crippen LogP) is 7.65. The van der Waals surface area contributed by atoms with E-state index in [0.29, 0.717) is 11.5 Å². The molecule has 3 aromatic carbocycles. The number of para-hydroxylation sites is 1. The monoisotopic (exact) mass is 697 g/mol. The molecule has 0 amide bonds. The average Bonchev–Trinajstić information content (AvgIpc) is 3.20. The molecule has 1 aromatic heterocycles. The molecule has 0 aliphatic carbocycles. The van der Waals surface area contributed by atoms with Gasteiger partial charge < -0.3 is 4.74 Å². The summed E-state index contributed by atoms with van der Waals surface area (Å²) in [7, 11) is 0. The molecule has 6 nitrogen and oxygen atoms in total. The van der Waals surface area contributed by atoms with Gasteiger partial charge in [-0.2, -0.15) is 5.26 Å². The second-order valence-corrected chi connectivity index (χ2v) is 11.3. The first-order valence-electron chi connectivity index (χ1n) is 9.43. The van der Waals surface area contributed by atoms with Gasteiger partial charge in [-0.15, -0.1) is 11.3 Å². The van der Waals surface area contributed by atoms with Crippen molar-refractivity contribution in [2.75, 3.05) is 0 Å². The second kappa shape index (κ2) is 10.8. The van der Waals surface area contributed by atoms with E-state index in [1.54, 1.807) is 23.5 Å². The molecular formula is C23H13I2N3O3S2. The molecule has 0 fully saturated rings. The Morgan fingerprint density at radius 3 is 2.52 bits per heavy atom. The number of benzene rings is 3. The zero-order valence-electron chi connectivity index (χ0n) is 16.7. The lowest BCUT2D eigenvalue weighted by molar-refractivity contribution is -0.384. The first-order valence-corrected chi connectivity index (χ1v) is 13.2. The summed E-state index contributed by atoms with van der Waals surface area (Å²) >= 11 is 7.35. The fraction of sp³-hybridized carbons (Fsp3) is 0.0435. The minimum absolute atomic E-state index is 0.0519. The number of ether oxygens (including phenoxy) is 1. The molecule has 0 saturated heterocycles. The number of allylic oxidation sites excluding steroid dienone is 1. The van der Waals surface area contributed by atoms with E-state index in [-0.39, 0.29) is 5.69 Å². The third-order valence-electron chi connectivity index (χ3n) is 4.43. The lowest BCUT2D eigenvalue weighted by Crippen LogP contribution is -2.00. The molecule has 0 bridgehead atoms. The van der Waals surface area contributed by atoms with Crippen LogP contribution in [0, 0.1) is 28.6 Å². The number of hydrogen-bond acceptors (Lipinski definition) is 7. The maximum absolute atomic E-state index is 10.8. The summed E-state index contributed by atoms with van der Waals surface area (Å²) in [6.07, 6.45) is 1.85. The van der Waals surface area contributed by atoms with Gasteiger partial charge in [0.15, 0.2) is 4.34 Å². The first-order chi connectivity index (χ1) is 15.9. The van der Waals surface area contributed by atoms with Gasteiger partial charge >= 0.3 is 0 Å². The van der Waals surface area contributed by atoms with Gasteiger partial charge in [-0.1, -0.05) is 12.1 Å². The molecule has 0 aliphatic heterocycles. The van der Waals surface area contributed by atoms with Crippen molar-refractivity contribution >= 4 is 90.3 Å². The summed E-state index contributed by atoms with van der Waals surface area (Å²) < 4.78 is 9.73. The molecule has 0 spiro atoms. The average molecular weight is 697 g/mol. The van der Waals surface area contributed by atoms with E-state index >= 15 is 0 Å². The van der Waals surface area contributed by atoms with Gasteiger partial charge in [0.25, 0.3) is 5.69 Å². The SMILES string of the molecule is N#C/C(=C\c1cc(I)c(OCc2ccc([N+](=O)[O-])cc2)c(I)c1)Sc1nc2ccccc2s1. The van der Waals surface area contributed by atoms with Crippen molar-refractivity contribution in [1.82, 2.24) is 4.98 Å². The van der Waals surface area contributed by atoms with Crippen LogP contribution in [0.5, 0.6) is 5.75 Å². The predicted molar refractivity (Wildman–Crippen MR) is 148 cm³/mol. The largest absolute Gasteiger partial charge is 0.487 e. The molecular weight excluding hydrogens is 684 g/mol. The second-order valence-electron chi connectivity index (χ2n) is 6.70. The number of rotatable bonds is 7. The van der Waals surface area contributed by atoms with Crippen LogP contribution < -0.4 is 4.74 Å². The van der Waals surface area contributed by atoms with Crippen molar-refractivity contribution in [3.8, 4) is 11.8 Å². The molecule has 4 aromatic rings. The highest BCUT2D eigenvalue weighted by molar-refractivity contribution is 14.1. The quantitative estimate of drug-likeness (QED) is 0.0649. The number of fused-ring (bicyclic) bond motifs is 1. The number of nitriles is 1. The fourth-order valence-corrected chi connectivity index (χ4v) is 7.00. The zero-order chi connectivity index (χ0) is 23.4. The van der Waals surface area contributed by atoms with Crippen LogP contribution in [-0.4, -0.2) is 9.91 Å². The lowest BCUT2D eigenvalue weighted by atomic mass is 10.2. The standard InChI is InChI=1S/C23H13I2N3O3S2/c24-18-10-15(9-17(12-26)32-23-27-20-3-1-2-4-21(20)33-23)11-19(25)22(18)31-13-14-5-7-16(8-6-14)28(29)30/h1-11H,13H2/b17-9+. The van der Waals surface area contributed by atoms with Crippen LogP contribution in [0.3, 0.4) is 0 Å². The van der Waals surface area contributed by atoms with Gasteiger partial charge in [0, 0.05) is 12.1 Å². The summed E-state index contributed by atoms with van der Waals surface area (Å²) in [6, 6.07) is 20.4. The molecule has 0 aliphatic rings. The van der Waals surface area contributed by atoms with Crippen LogP contribution >= 0.6 is 68.3 Å². The van der Waals surface area contributed by atoms with Gasteiger partial charge in [0.05, 0.1) is 27.2 Å². The molecule has 0 atom stereocenters. The Kier molecular flexibility index (Phi) is 7.84. The third kappa shape index (κ3) is 6.03. The molecule has 0 N–H and O–H groups in total. The Hall–Kier alpha value is -2.21. The Morgan fingerprint density at radius 2 is 1.88 bits per heavy atom. The highest BCUT2D eigenvalue weighted by atomic mass is 127. The summed E-state index contributed by atoms with van der Waals surface area (Å²) in [5.74, 6) is 0.740. The zero-order valence-corrected chi connectivity index (χ0v) is 22.6. The topological polar surface area (TPSA) is 89.0 Å². The number of nitrogens with zero attached hydrogens (tertiary/aromatic N) is 3. The highest BCUT2D eigenvalue weighted by Crippen LogP contribution is 2.36. The number of thiazole rings is 1. The normalized spacial score (nSPS) is 11.4. The van der Waals surface area contributed by atoms with E-state index in [4.69, 9.17) is 4.74 Å². The summed E-state index contributed by atoms with van der Waals surface area (Å²) in [6.45, 7) is 0.302. The minimum Gasteiger partial charge on any atom is -0.487 e. The number of nitro benzene ring substituents is 1. The van der Waals surface area contributed by atoms with E-state index in [2.05, 4.69) is 56.2 Å². The van der Waals surface area contributed by atoms with Crippen molar-refractivity contribution in [1.29, 1.82) is 5.26 Å². The minimum atomic E-state index is -0.423. The number of thioether (sulfide) groups is 1. The Labute approximate surface area is 225 Å². The molecule has 1 heterocycles. The summed E-state index contributed by atoms with van der Waals surface area (Å²) in [4.78, 5) is 15.5. The number of non-ortho nitro benzene ring substituents is 1. The maximum atomic E-state index is 10.8. The van der Waals surface area contributed by atoms with Crippen molar-refractivity contribution in [3.05, 3.63) is 94.0 Å². The Morgan fingerprint density at radius 1 is 1.18 bits per heavy atom. The van der Waals surface area contributed by atoms with E-state index < -0.39 is 4.92 Å². The van der Waals surface area contributed by atoms with Crippen molar-refractivity contribution < 1.29 is 9.66 Å². The van der Waals surface area contributed by atoms with Crippen LogP contribution in [0.4, 0.5) is 5.69 Å². The first kappa shape index (κ1) is 23.9. The molecule has 4 rings (SSSR count). The highest BCUT2D eigenvalue weighted by Gasteiger charge is 2.12. The van der Waals surface area contributed by atoms with Crippen molar-refractivity contribution in [3.63, 3.8) is 0 Å². The van der Waals surface area contributed by atoms with Crippen LogP contribution in [0.2, 0.25) is 0 Å². The third-order valence-corrected chi connectivity index (χ3v) is 8.06. The van der Waals surface area contributed by atoms with E-state index in [0.717, 1.165) is 38.6 Å². The van der Waals surface area contributed by atoms with E-state index in [1.165, 1.54) is 23.9 Å². The van der Waals surface area contributed by atoms with Gasteiger partial charge in [-0.05, 0) is 111 Å². The number of hydrogen-bond donors (Lipinski definition) is 0. The fourth-order valence-electron chi connectivity index (χ4n) is 2.89. The molecule has 33 heavy (non-hydrogen) atoms. The van der Waals surface area contributed by atoms with Crippen molar-refractivity contribution in [2.24, 2.45) is 0 Å². The van der Waals surface area contributed by atoms with E-state index in [1.807, 2.05) is 42.5 Å². The van der Waals surface area contributed by atoms with Gasteiger partial charge in [-0.25, -0.2) is 4.98 Å². The van der Waals surface area contributed by atoms with Crippen LogP contribution in [0.1, 0.15) is 11.1 Å². The lowest BCUT2D eigenvalue weighted by Gasteiger charge is -2.12. The number of nitro groups is 1.